The second-order valence-electron chi connectivity index (χ2n) is 5.72. The lowest BCUT2D eigenvalue weighted by Crippen LogP contribution is -2.16. The summed E-state index contributed by atoms with van der Waals surface area (Å²) < 4.78 is 1.65. The van der Waals surface area contributed by atoms with E-state index in [2.05, 4.69) is 10.4 Å². The highest BCUT2D eigenvalue weighted by Crippen LogP contribution is 2.39. The molecule has 1 atom stereocenters. The van der Waals surface area contributed by atoms with Crippen molar-refractivity contribution in [3.8, 4) is 0 Å². The van der Waals surface area contributed by atoms with E-state index in [0.29, 0.717) is 11.6 Å². The molecule has 0 radical (unpaired) electrons. The Bertz CT molecular complexity index is 653. The van der Waals surface area contributed by atoms with Crippen LogP contribution in [0.25, 0.3) is 0 Å². The van der Waals surface area contributed by atoms with Gasteiger partial charge >= 0.3 is 0 Å². The van der Waals surface area contributed by atoms with Gasteiger partial charge in [0.25, 0.3) is 5.91 Å². The second kappa shape index (κ2) is 5.33. The molecule has 5 nitrogen and oxygen atoms in total. The van der Waals surface area contributed by atoms with Crippen LogP contribution in [0.5, 0.6) is 0 Å². The zero-order valence-corrected chi connectivity index (χ0v) is 12.3. The van der Waals surface area contributed by atoms with Gasteiger partial charge in [-0.15, -0.1) is 0 Å². The number of nitrogens with two attached hydrogens (primary N) is 1. The van der Waals surface area contributed by atoms with E-state index >= 15 is 0 Å². The minimum Gasteiger partial charge on any atom is -0.324 e. The first-order valence-electron chi connectivity index (χ1n) is 7.25. The van der Waals surface area contributed by atoms with Gasteiger partial charge in [-0.25, -0.2) is 0 Å². The number of benzene rings is 1. The van der Waals surface area contributed by atoms with Gasteiger partial charge in [-0.1, -0.05) is 12.1 Å². The Balaban J connectivity index is 1.73. The monoisotopic (exact) mass is 284 g/mol. The Labute approximate surface area is 124 Å². The molecule has 1 unspecified atom stereocenters. The Morgan fingerprint density at radius 2 is 2.05 bits per heavy atom. The molecule has 3 rings (SSSR count). The molecule has 0 spiro atoms. The van der Waals surface area contributed by atoms with E-state index in [9.17, 15) is 4.79 Å². The van der Waals surface area contributed by atoms with Gasteiger partial charge in [0, 0.05) is 24.7 Å². The van der Waals surface area contributed by atoms with Crippen LogP contribution in [0.2, 0.25) is 0 Å². The van der Waals surface area contributed by atoms with Crippen molar-refractivity contribution in [2.24, 2.45) is 12.8 Å². The summed E-state index contributed by atoms with van der Waals surface area (Å²) >= 11 is 0. The van der Waals surface area contributed by atoms with Crippen LogP contribution in [0.4, 0.5) is 5.69 Å². The number of hydrogen-bond acceptors (Lipinski definition) is 3. The van der Waals surface area contributed by atoms with Gasteiger partial charge in [-0.2, -0.15) is 5.10 Å². The molecule has 1 heterocycles. The lowest BCUT2D eigenvalue weighted by Gasteiger charge is -2.08. The van der Waals surface area contributed by atoms with Crippen molar-refractivity contribution < 1.29 is 4.79 Å². The fraction of sp³-hybridized carbons (Fsp3) is 0.375. The smallest absolute Gasteiger partial charge is 0.273 e. The van der Waals surface area contributed by atoms with Crippen LogP contribution >= 0.6 is 0 Å². The zero-order valence-electron chi connectivity index (χ0n) is 12.3. The van der Waals surface area contributed by atoms with E-state index in [0.717, 1.165) is 16.9 Å². The summed E-state index contributed by atoms with van der Waals surface area (Å²) in [6.07, 6.45) is 2.35. The zero-order chi connectivity index (χ0) is 15.0. The summed E-state index contributed by atoms with van der Waals surface area (Å²) in [5, 5.41) is 7.31. The topological polar surface area (TPSA) is 72.9 Å². The van der Waals surface area contributed by atoms with Crippen molar-refractivity contribution >= 4 is 11.6 Å². The SMILES string of the molecule is CC(N)c1ccc(NC(=O)c2cc(C3CC3)nn2C)cc1. The average molecular weight is 284 g/mol. The first-order chi connectivity index (χ1) is 10.0. The third kappa shape index (κ3) is 2.97. The van der Waals surface area contributed by atoms with Crippen LogP contribution < -0.4 is 11.1 Å². The maximum atomic E-state index is 12.3. The van der Waals surface area contributed by atoms with E-state index in [1.54, 1.807) is 11.7 Å². The third-order valence-electron chi connectivity index (χ3n) is 3.82. The lowest BCUT2D eigenvalue weighted by molar-refractivity contribution is 0.101. The van der Waals surface area contributed by atoms with Crippen molar-refractivity contribution in [2.45, 2.75) is 31.7 Å². The number of carbonyl (C=O) groups is 1. The number of nitrogens with one attached hydrogen (secondary N) is 1. The Kier molecular flexibility index (Phi) is 3.51. The van der Waals surface area contributed by atoms with Crippen molar-refractivity contribution in [3.05, 3.63) is 47.3 Å². The molecule has 0 aliphatic heterocycles. The lowest BCUT2D eigenvalue weighted by atomic mass is 10.1. The first kappa shape index (κ1) is 13.8. The summed E-state index contributed by atoms with van der Waals surface area (Å²) in [7, 11) is 1.81. The highest BCUT2D eigenvalue weighted by Gasteiger charge is 2.28. The number of nitrogens with zero attached hydrogens (tertiary/aromatic N) is 2. The molecule has 1 aromatic carbocycles. The molecular formula is C16H20N4O. The maximum Gasteiger partial charge on any atom is 0.273 e. The fourth-order valence-electron chi connectivity index (χ4n) is 2.35. The largest absolute Gasteiger partial charge is 0.324 e. The predicted octanol–water partition coefficient (Wildman–Crippen LogP) is 2.57. The summed E-state index contributed by atoms with van der Waals surface area (Å²) in [4.78, 5) is 12.3. The Morgan fingerprint density at radius 1 is 1.38 bits per heavy atom. The van der Waals surface area contributed by atoms with Gasteiger partial charge in [0.1, 0.15) is 5.69 Å². The molecule has 0 saturated heterocycles. The fourth-order valence-corrected chi connectivity index (χ4v) is 2.35. The first-order valence-corrected chi connectivity index (χ1v) is 7.25. The molecule has 1 saturated carbocycles. The summed E-state index contributed by atoms with van der Waals surface area (Å²) in [6, 6.07) is 9.48. The molecule has 5 heteroatoms. The molecule has 1 aliphatic rings. The van der Waals surface area contributed by atoms with Crippen LogP contribution in [0.3, 0.4) is 0 Å². The molecule has 21 heavy (non-hydrogen) atoms. The van der Waals surface area contributed by atoms with Gasteiger partial charge in [0.05, 0.1) is 5.69 Å². The summed E-state index contributed by atoms with van der Waals surface area (Å²) in [5.74, 6) is 0.411. The predicted molar refractivity (Wildman–Crippen MR) is 82.2 cm³/mol. The Hall–Kier alpha value is -2.14. The molecule has 1 aromatic heterocycles. The molecular weight excluding hydrogens is 264 g/mol. The number of amides is 1. The van der Waals surface area contributed by atoms with E-state index in [4.69, 9.17) is 5.73 Å². The number of anilines is 1. The average Bonchev–Trinajstić information content (AvgIpc) is 3.22. The van der Waals surface area contributed by atoms with Crippen LogP contribution in [0.15, 0.2) is 30.3 Å². The number of aromatic nitrogens is 2. The quantitative estimate of drug-likeness (QED) is 0.906. The molecule has 0 bridgehead atoms. The van der Waals surface area contributed by atoms with Gasteiger partial charge in [-0.3, -0.25) is 9.48 Å². The van der Waals surface area contributed by atoms with Crippen molar-refractivity contribution in [1.29, 1.82) is 0 Å². The highest BCUT2D eigenvalue weighted by atomic mass is 16.2. The number of rotatable bonds is 4. The molecule has 110 valence electrons. The Morgan fingerprint density at radius 3 is 2.62 bits per heavy atom. The van der Waals surface area contributed by atoms with Gasteiger partial charge in [0.15, 0.2) is 0 Å². The molecule has 1 fully saturated rings. The van der Waals surface area contributed by atoms with Gasteiger partial charge < -0.3 is 11.1 Å². The highest BCUT2D eigenvalue weighted by molar-refractivity contribution is 6.03. The number of hydrogen-bond donors (Lipinski definition) is 2. The minimum absolute atomic E-state index is 0.00655. The van der Waals surface area contributed by atoms with E-state index in [1.807, 2.05) is 37.3 Å². The number of carbonyl (C=O) groups excluding carboxylic acids is 1. The van der Waals surface area contributed by atoms with E-state index < -0.39 is 0 Å². The van der Waals surface area contributed by atoms with Crippen LogP contribution in [-0.4, -0.2) is 15.7 Å². The molecule has 1 amide bonds. The normalized spacial score (nSPS) is 15.8. The van der Waals surface area contributed by atoms with Gasteiger partial charge in [-0.05, 0) is 43.5 Å². The summed E-state index contributed by atoms with van der Waals surface area (Å²) in [6.45, 7) is 1.93. The molecule has 1 aliphatic carbocycles. The standard InChI is InChI=1S/C16H20N4O/c1-10(17)11-5-7-13(8-6-11)18-16(21)15-9-14(12-3-4-12)19-20(15)2/h5-10,12H,3-4,17H2,1-2H3,(H,18,21). The second-order valence-corrected chi connectivity index (χ2v) is 5.72. The van der Waals surface area contributed by atoms with E-state index in [1.165, 1.54) is 12.8 Å². The van der Waals surface area contributed by atoms with Crippen LogP contribution in [0.1, 0.15) is 53.5 Å². The van der Waals surface area contributed by atoms with Crippen molar-refractivity contribution in [1.82, 2.24) is 9.78 Å². The molecule has 2 aromatic rings. The van der Waals surface area contributed by atoms with Crippen LogP contribution in [-0.2, 0) is 7.05 Å². The third-order valence-corrected chi connectivity index (χ3v) is 3.82. The van der Waals surface area contributed by atoms with Crippen molar-refractivity contribution in [3.63, 3.8) is 0 Å². The van der Waals surface area contributed by atoms with E-state index in [-0.39, 0.29) is 11.9 Å². The number of aryl methyl sites for hydroxylation is 1. The maximum absolute atomic E-state index is 12.3. The van der Waals surface area contributed by atoms with Crippen molar-refractivity contribution in [2.75, 3.05) is 5.32 Å². The van der Waals surface area contributed by atoms with Crippen LogP contribution in [0, 0.1) is 0 Å². The minimum atomic E-state index is -0.134. The summed E-state index contributed by atoms with van der Waals surface area (Å²) in [5.41, 5.74) is 9.24. The molecule has 3 N–H and O–H groups in total. The van der Waals surface area contributed by atoms with Gasteiger partial charge in [0.2, 0.25) is 0 Å².